The number of nitrogens with one attached hydrogen (secondary N) is 2. The lowest BCUT2D eigenvalue weighted by atomic mass is 10.0. The minimum absolute atomic E-state index is 0.286. The molecule has 0 unspecified atom stereocenters. The first kappa shape index (κ1) is 15.9. The number of sulfonamides is 1. The van der Waals surface area contributed by atoms with Crippen molar-refractivity contribution in [2.75, 3.05) is 6.26 Å². The van der Waals surface area contributed by atoms with Gasteiger partial charge in [0.15, 0.2) is 0 Å². The summed E-state index contributed by atoms with van der Waals surface area (Å²) in [6.45, 7) is 4.62. The maximum atomic E-state index is 11.7. The molecule has 0 saturated heterocycles. The molecular formula is C9H18N2O5S. The lowest BCUT2D eigenvalue weighted by Gasteiger charge is -2.21. The van der Waals surface area contributed by atoms with Crippen molar-refractivity contribution in [3.05, 3.63) is 0 Å². The highest BCUT2D eigenvalue weighted by Gasteiger charge is 2.27. The van der Waals surface area contributed by atoms with Gasteiger partial charge in [0.2, 0.25) is 15.9 Å². The Morgan fingerprint density at radius 1 is 1.18 bits per heavy atom. The van der Waals surface area contributed by atoms with Gasteiger partial charge in [-0.25, -0.2) is 13.1 Å². The van der Waals surface area contributed by atoms with E-state index in [4.69, 9.17) is 5.11 Å². The van der Waals surface area contributed by atoms with Crippen LogP contribution in [-0.4, -0.2) is 43.7 Å². The van der Waals surface area contributed by atoms with E-state index in [1.54, 1.807) is 13.8 Å². The number of carboxylic acids is 1. The summed E-state index contributed by atoms with van der Waals surface area (Å²) in [6.07, 6.45) is 0.941. The van der Waals surface area contributed by atoms with Gasteiger partial charge in [0.1, 0.15) is 12.1 Å². The molecule has 2 atom stereocenters. The summed E-state index contributed by atoms with van der Waals surface area (Å²) in [4.78, 5) is 22.2. The third kappa shape index (κ3) is 6.22. The molecule has 0 aromatic rings. The van der Waals surface area contributed by atoms with Crippen molar-refractivity contribution in [3.8, 4) is 0 Å². The Balaban J connectivity index is 4.73. The maximum Gasteiger partial charge on any atom is 0.325 e. The number of hydrogen-bond acceptors (Lipinski definition) is 4. The molecule has 0 saturated carbocycles. The molecule has 8 heteroatoms. The van der Waals surface area contributed by atoms with Crippen LogP contribution in [0.4, 0.5) is 0 Å². The van der Waals surface area contributed by atoms with Gasteiger partial charge in [0, 0.05) is 0 Å². The van der Waals surface area contributed by atoms with Crippen LogP contribution in [0.1, 0.15) is 20.8 Å². The van der Waals surface area contributed by atoms with E-state index in [9.17, 15) is 18.0 Å². The number of carbonyl (C=O) groups excluding carboxylic acids is 1. The minimum Gasteiger partial charge on any atom is -0.480 e. The van der Waals surface area contributed by atoms with Crippen LogP contribution in [0.15, 0.2) is 0 Å². The average molecular weight is 266 g/mol. The fraction of sp³-hybridized carbons (Fsp3) is 0.778. The van der Waals surface area contributed by atoms with Crippen molar-refractivity contribution in [1.82, 2.24) is 10.0 Å². The molecule has 0 aromatic heterocycles. The van der Waals surface area contributed by atoms with Crippen LogP contribution in [0.5, 0.6) is 0 Å². The van der Waals surface area contributed by atoms with Crippen LogP contribution in [0.2, 0.25) is 0 Å². The van der Waals surface area contributed by atoms with Gasteiger partial charge in [0.05, 0.1) is 6.26 Å². The summed E-state index contributed by atoms with van der Waals surface area (Å²) < 4.78 is 24.3. The van der Waals surface area contributed by atoms with Crippen LogP contribution in [0, 0.1) is 5.92 Å². The summed E-state index contributed by atoms with van der Waals surface area (Å²) in [6, 6.07) is -2.04. The number of amides is 1. The Hall–Kier alpha value is -1.15. The number of rotatable bonds is 6. The van der Waals surface area contributed by atoms with Gasteiger partial charge in [-0.05, 0) is 12.8 Å². The fourth-order valence-corrected chi connectivity index (χ4v) is 1.93. The third-order valence-corrected chi connectivity index (χ3v) is 2.70. The van der Waals surface area contributed by atoms with Gasteiger partial charge < -0.3 is 10.4 Å². The van der Waals surface area contributed by atoms with Gasteiger partial charge in [-0.3, -0.25) is 9.59 Å². The molecular weight excluding hydrogens is 248 g/mol. The zero-order valence-electron chi connectivity index (χ0n) is 10.2. The van der Waals surface area contributed by atoms with Gasteiger partial charge in [-0.2, -0.15) is 0 Å². The molecule has 0 heterocycles. The molecule has 0 aliphatic heterocycles. The summed E-state index contributed by atoms with van der Waals surface area (Å²) in [7, 11) is -3.53. The Bertz CT molecular complexity index is 390. The average Bonchev–Trinajstić information content (AvgIpc) is 2.11. The molecule has 0 spiro atoms. The second-order valence-corrected chi connectivity index (χ2v) is 5.96. The van der Waals surface area contributed by atoms with E-state index in [1.165, 1.54) is 6.92 Å². The highest BCUT2D eigenvalue weighted by atomic mass is 32.2. The van der Waals surface area contributed by atoms with E-state index < -0.39 is 34.0 Å². The minimum atomic E-state index is -3.53. The standard InChI is InChI=1S/C9H18N2O5S/c1-5(2)7(11-17(4,15)16)8(12)10-6(3)9(13)14/h5-7,11H,1-4H3,(H,10,12)(H,13,14)/t6-,7-/m0/s1. The quantitative estimate of drug-likeness (QED) is 0.579. The van der Waals surface area contributed by atoms with E-state index in [0.29, 0.717) is 0 Å². The third-order valence-electron chi connectivity index (χ3n) is 2.02. The Labute approximate surface area is 101 Å². The highest BCUT2D eigenvalue weighted by molar-refractivity contribution is 7.88. The lowest BCUT2D eigenvalue weighted by Crippen LogP contribution is -2.52. The molecule has 0 fully saturated rings. The molecule has 0 rings (SSSR count). The number of carboxylic acid groups (broad SMARTS) is 1. The van der Waals surface area contributed by atoms with Gasteiger partial charge in [-0.1, -0.05) is 13.8 Å². The van der Waals surface area contributed by atoms with Gasteiger partial charge >= 0.3 is 5.97 Å². The fourth-order valence-electron chi connectivity index (χ4n) is 1.09. The van der Waals surface area contributed by atoms with E-state index in [2.05, 4.69) is 10.0 Å². The predicted octanol–water partition coefficient (Wildman–Crippen LogP) is -0.850. The Morgan fingerprint density at radius 2 is 1.65 bits per heavy atom. The molecule has 1 amide bonds. The number of hydrogen-bond donors (Lipinski definition) is 3. The smallest absolute Gasteiger partial charge is 0.325 e. The van der Waals surface area contributed by atoms with E-state index in [-0.39, 0.29) is 5.92 Å². The van der Waals surface area contributed by atoms with E-state index >= 15 is 0 Å². The Morgan fingerprint density at radius 3 is 1.94 bits per heavy atom. The van der Waals surface area contributed by atoms with Crippen LogP contribution in [0.3, 0.4) is 0 Å². The zero-order valence-corrected chi connectivity index (χ0v) is 11.0. The number of carbonyl (C=O) groups is 2. The summed E-state index contributed by atoms with van der Waals surface area (Å²) >= 11 is 0. The molecule has 0 radical (unpaired) electrons. The molecule has 3 N–H and O–H groups in total. The first-order valence-corrected chi connectivity index (χ1v) is 6.94. The SMILES string of the molecule is CC(C)[C@H](NS(C)(=O)=O)C(=O)N[C@@H](C)C(=O)O. The molecule has 100 valence electrons. The molecule has 7 nitrogen and oxygen atoms in total. The molecule has 0 aliphatic rings. The van der Waals surface area contributed by atoms with Gasteiger partial charge in [-0.15, -0.1) is 0 Å². The monoisotopic (exact) mass is 266 g/mol. The van der Waals surface area contributed by atoms with Crippen molar-refractivity contribution < 1.29 is 23.1 Å². The normalized spacial score (nSPS) is 15.4. The van der Waals surface area contributed by atoms with E-state index in [1.807, 2.05) is 0 Å². The van der Waals surface area contributed by atoms with Crippen molar-refractivity contribution in [3.63, 3.8) is 0 Å². The predicted molar refractivity (Wildman–Crippen MR) is 61.8 cm³/mol. The summed E-state index contributed by atoms with van der Waals surface area (Å²) in [5.41, 5.74) is 0. The van der Waals surface area contributed by atoms with Crippen molar-refractivity contribution in [1.29, 1.82) is 0 Å². The zero-order chi connectivity index (χ0) is 13.8. The number of aliphatic carboxylic acids is 1. The molecule has 0 aliphatic carbocycles. The van der Waals surface area contributed by atoms with E-state index in [0.717, 1.165) is 6.26 Å². The van der Waals surface area contributed by atoms with Crippen molar-refractivity contribution in [2.24, 2.45) is 5.92 Å². The first-order chi connectivity index (χ1) is 7.54. The molecule has 0 bridgehead atoms. The topological polar surface area (TPSA) is 113 Å². The summed E-state index contributed by atoms with van der Waals surface area (Å²) in [5.74, 6) is -2.12. The second kappa shape index (κ2) is 5.97. The maximum absolute atomic E-state index is 11.7. The lowest BCUT2D eigenvalue weighted by molar-refractivity contribution is -0.141. The summed E-state index contributed by atoms with van der Waals surface area (Å²) in [5, 5.41) is 10.8. The van der Waals surface area contributed by atoms with Crippen molar-refractivity contribution in [2.45, 2.75) is 32.9 Å². The van der Waals surface area contributed by atoms with Crippen LogP contribution in [0.25, 0.3) is 0 Å². The molecule has 17 heavy (non-hydrogen) atoms. The van der Waals surface area contributed by atoms with Crippen molar-refractivity contribution >= 4 is 21.9 Å². The first-order valence-electron chi connectivity index (χ1n) is 5.05. The largest absolute Gasteiger partial charge is 0.480 e. The van der Waals surface area contributed by atoms with Crippen LogP contribution in [-0.2, 0) is 19.6 Å². The van der Waals surface area contributed by atoms with Crippen LogP contribution < -0.4 is 10.0 Å². The highest BCUT2D eigenvalue weighted by Crippen LogP contribution is 2.03. The second-order valence-electron chi connectivity index (χ2n) is 4.18. The van der Waals surface area contributed by atoms with Gasteiger partial charge in [0.25, 0.3) is 0 Å². The van der Waals surface area contributed by atoms with Crippen LogP contribution >= 0.6 is 0 Å². The molecule has 0 aromatic carbocycles. The Kier molecular flexibility index (Phi) is 5.56.